The van der Waals surface area contributed by atoms with Crippen molar-refractivity contribution in [3.8, 4) is 11.4 Å². The van der Waals surface area contributed by atoms with Crippen LogP contribution in [-0.2, 0) is 9.53 Å². The molecule has 35 heavy (non-hydrogen) atoms. The Labute approximate surface area is 210 Å². The highest BCUT2D eigenvalue weighted by atomic mass is 35.5. The monoisotopic (exact) mass is 511 g/mol. The molecule has 1 N–H and O–H groups in total. The lowest BCUT2D eigenvalue weighted by atomic mass is 10.1. The van der Waals surface area contributed by atoms with Crippen molar-refractivity contribution in [2.75, 3.05) is 18.5 Å². The molecule has 4 rings (SSSR count). The van der Waals surface area contributed by atoms with Crippen LogP contribution in [0.4, 0.5) is 5.00 Å². The van der Waals surface area contributed by atoms with Crippen LogP contribution in [0.2, 0.25) is 5.02 Å². The number of anilines is 1. The highest BCUT2D eigenvalue weighted by Crippen LogP contribution is 2.31. The molecule has 0 spiro atoms. The van der Waals surface area contributed by atoms with Crippen molar-refractivity contribution in [1.29, 1.82) is 0 Å². The Balaban J connectivity index is 1.73. The molecule has 0 unspecified atom stereocenters. The molecule has 0 aliphatic heterocycles. The van der Waals surface area contributed by atoms with Gasteiger partial charge < -0.3 is 14.8 Å². The van der Waals surface area contributed by atoms with Gasteiger partial charge in [-0.05, 0) is 68.3 Å². The van der Waals surface area contributed by atoms with Crippen molar-refractivity contribution in [1.82, 2.24) is 9.78 Å². The Morgan fingerprint density at radius 3 is 2.54 bits per heavy atom. The van der Waals surface area contributed by atoms with Crippen molar-refractivity contribution in [2.45, 2.75) is 20.8 Å². The zero-order valence-electron chi connectivity index (χ0n) is 19.3. The van der Waals surface area contributed by atoms with Gasteiger partial charge in [0.05, 0.1) is 17.7 Å². The predicted octanol–water partition coefficient (Wildman–Crippen LogP) is 4.91. The average Bonchev–Trinajstić information content (AvgIpc) is 3.25. The number of halogens is 1. The van der Waals surface area contributed by atoms with E-state index in [1.165, 1.54) is 0 Å². The maximum Gasteiger partial charge on any atom is 0.359 e. The van der Waals surface area contributed by atoms with E-state index in [0.717, 1.165) is 27.1 Å². The zero-order valence-corrected chi connectivity index (χ0v) is 20.8. The van der Waals surface area contributed by atoms with Crippen LogP contribution >= 0.6 is 22.9 Å². The van der Waals surface area contributed by atoms with E-state index in [0.29, 0.717) is 26.8 Å². The van der Waals surface area contributed by atoms with Crippen LogP contribution in [0.5, 0.6) is 5.75 Å². The van der Waals surface area contributed by atoms with E-state index >= 15 is 0 Å². The highest BCUT2D eigenvalue weighted by Gasteiger charge is 2.23. The summed E-state index contributed by atoms with van der Waals surface area (Å²) in [5, 5.41) is 9.98. The molecule has 8 nitrogen and oxygen atoms in total. The second kappa shape index (κ2) is 10.3. The molecule has 0 atom stereocenters. The number of rotatable bonds is 7. The number of aromatic nitrogens is 2. The first-order valence-corrected chi connectivity index (χ1v) is 12.0. The fourth-order valence-electron chi connectivity index (χ4n) is 3.37. The third-order valence-electron chi connectivity index (χ3n) is 5.29. The third-order valence-corrected chi connectivity index (χ3v) is 6.44. The number of thiophene rings is 1. The van der Waals surface area contributed by atoms with Crippen LogP contribution in [0.25, 0.3) is 16.5 Å². The SMILES string of the molecule is CCOC(=O)c1nn(-c2ccc(C)c(C)c2)c(=O)c2c(NC(=O)COc3ccc(Cl)cc3)scc12. The normalized spacial score (nSPS) is 10.9. The average molecular weight is 512 g/mol. The number of fused-ring (bicyclic) bond motifs is 1. The summed E-state index contributed by atoms with van der Waals surface area (Å²) < 4.78 is 11.8. The Morgan fingerprint density at radius 2 is 1.86 bits per heavy atom. The second-order valence-corrected chi connectivity index (χ2v) is 9.01. The van der Waals surface area contributed by atoms with E-state index in [9.17, 15) is 14.4 Å². The number of hydrogen-bond acceptors (Lipinski definition) is 7. The van der Waals surface area contributed by atoms with Gasteiger partial charge in [0.1, 0.15) is 10.8 Å². The van der Waals surface area contributed by atoms with E-state index < -0.39 is 17.4 Å². The van der Waals surface area contributed by atoms with Crippen molar-refractivity contribution < 1.29 is 19.1 Å². The molecule has 4 aromatic rings. The molecule has 0 aliphatic carbocycles. The largest absolute Gasteiger partial charge is 0.484 e. The summed E-state index contributed by atoms with van der Waals surface area (Å²) in [5.41, 5.74) is 2.05. The topological polar surface area (TPSA) is 99.5 Å². The predicted molar refractivity (Wildman–Crippen MR) is 136 cm³/mol. The lowest BCUT2D eigenvalue weighted by Crippen LogP contribution is -2.26. The van der Waals surface area contributed by atoms with Gasteiger partial charge in [0.15, 0.2) is 12.3 Å². The minimum absolute atomic E-state index is 0.00570. The van der Waals surface area contributed by atoms with Gasteiger partial charge in [-0.1, -0.05) is 17.7 Å². The van der Waals surface area contributed by atoms with E-state index in [4.69, 9.17) is 21.1 Å². The van der Waals surface area contributed by atoms with Crippen LogP contribution in [0, 0.1) is 13.8 Å². The maximum absolute atomic E-state index is 13.5. The van der Waals surface area contributed by atoms with Crippen molar-refractivity contribution in [2.24, 2.45) is 0 Å². The van der Waals surface area contributed by atoms with Gasteiger partial charge >= 0.3 is 5.97 Å². The van der Waals surface area contributed by atoms with Crippen LogP contribution in [0.3, 0.4) is 0 Å². The number of hydrogen-bond donors (Lipinski definition) is 1. The summed E-state index contributed by atoms with van der Waals surface area (Å²) >= 11 is 6.99. The summed E-state index contributed by atoms with van der Waals surface area (Å²) in [4.78, 5) is 38.8. The second-order valence-electron chi connectivity index (χ2n) is 7.70. The number of aryl methyl sites for hydroxylation is 2. The number of esters is 1. The minimum atomic E-state index is -0.656. The number of amides is 1. The molecular formula is C25H22ClN3O5S. The standard InChI is InChI=1S/C25H22ClN3O5S/c1-4-33-25(32)22-19-13-35-23(27-20(30)12-34-18-9-6-16(26)7-10-18)21(19)24(31)29(28-22)17-8-5-14(2)15(3)11-17/h5-11,13H,4,12H2,1-3H3,(H,27,30). The van der Waals surface area contributed by atoms with Gasteiger partial charge in [-0.3, -0.25) is 9.59 Å². The molecule has 0 bridgehead atoms. The Morgan fingerprint density at radius 1 is 1.11 bits per heavy atom. The first kappa shape index (κ1) is 24.4. The first-order valence-electron chi connectivity index (χ1n) is 10.8. The highest BCUT2D eigenvalue weighted by molar-refractivity contribution is 7.16. The smallest absolute Gasteiger partial charge is 0.359 e. The number of nitrogens with zero attached hydrogens (tertiary/aromatic N) is 2. The van der Waals surface area contributed by atoms with Crippen LogP contribution in [0.1, 0.15) is 28.5 Å². The molecule has 2 aromatic heterocycles. The van der Waals surface area contributed by atoms with Gasteiger partial charge in [-0.2, -0.15) is 9.78 Å². The summed E-state index contributed by atoms with van der Waals surface area (Å²) in [5.74, 6) is -0.640. The quantitative estimate of drug-likeness (QED) is 0.354. The molecule has 2 heterocycles. The van der Waals surface area contributed by atoms with Crippen molar-refractivity contribution in [3.63, 3.8) is 0 Å². The molecule has 180 valence electrons. The summed E-state index contributed by atoms with van der Waals surface area (Å²) in [6, 6.07) is 12.0. The molecule has 2 aromatic carbocycles. The Hall–Kier alpha value is -3.69. The van der Waals surface area contributed by atoms with Gasteiger partial charge in [-0.15, -0.1) is 11.3 Å². The zero-order chi connectivity index (χ0) is 25.1. The number of carbonyl (C=O) groups is 2. The van der Waals surface area contributed by atoms with Crippen LogP contribution in [-0.4, -0.2) is 34.9 Å². The Kier molecular flexibility index (Phi) is 7.18. The number of carbonyl (C=O) groups excluding carboxylic acids is 2. The lowest BCUT2D eigenvalue weighted by Gasteiger charge is -2.11. The molecule has 1 amide bonds. The molecule has 0 saturated heterocycles. The molecule has 0 saturated carbocycles. The lowest BCUT2D eigenvalue weighted by molar-refractivity contribution is -0.118. The van der Waals surface area contributed by atoms with E-state index in [2.05, 4.69) is 10.4 Å². The molecule has 10 heteroatoms. The van der Waals surface area contributed by atoms with E-state index in [-0.39, 0.29) is 24.3 Å². The number of benzene rings is 2. The van der Waals surface area contributed by atoms with Gasteiger partial charge in [0, 0.05) is 15.8 Å². The van der Waals surface area contributed by atoms with E-state index in [1.54, 1.807) is 42.6 Å². The first-order chi connectivity index (χ1) is 16.8. The fourth-order valence-corrected chi connectivity index (χ4v) is 4.45. The van der Waals surface area contributed by atoms with Crippen LogP contribution in [0.15, 0.2) is 52.6 Å². The third kappa shape index (κ3) is 5.21. The summed E-state index contributed by atoms with van der Waals surface area (Å²) in [6.07, 6.45) is 0. The van der Waals surface area contributed by atoms with Gasteiger partial charge in [0.2, 0.25) is 0 Å². The molecule has 0 aliphatic rings. The maximum atomic E-state index is 13.5. The number of ether oxygens (including phenoxy) is 2. The van der Waals surface area contributed by atoms with Crippen LogP contribution < -0.4 is 15.6 Å². The Bertz CT molecular complexity index is 1480. The van der Waals surface area contributed by atoms with Crippen molar-refractivity contribution >= 4 is 50.6 Å². The van der Waals surface area contributed by atoms with E-state index in [1.807, 2.05) is 26.0 Å². The van der Waals surface area contributed by atoms with Gasteiger partial charge in [0.25, 0.3) is 11.5 Å². The fraction of sp³-hybridized carbons (Fsp3) is 0.200. The summed E-state index contributed by atoms with van der Waals surface area (Å²) in [7, 11) is 0. The van der Waals surface area contributed by atoms with Crippen molar-refractivity contribution in [3.05, 3.63) is 80.0 Å². The summed E-state index contributed by atoms with van der Waals surface area (Å²) in [6.45, 7) is 5.45. The van der Waals surface area contributed by atoms with Gasteiger partial charge in [-0.25, -0.2) is 4.79 Å². The minimum Gasteiger partial charge on any atom is -0.484 e. The molecular weight excluding hydrogens is 490 g/mol. The number of nitrogens with one attached hydrogen (secondary N) is 1. The molecule has 0 fully saturated rings. The molecule has 0 radical (unpaired) electrons.